The molecule has 0 fully saturated rings. The SMILES string of the molecule is COCOc1ccc(Cl)c(Cl)c1[C@H](N)CNCCO. The fourth-order valence-electron chi connectivity index (χ4n) is 1.58. The van der Waals surface area contributed by atoms with Gasteiger partial charge >= 0.3 is 0 Å². The van der Waals surface area contributed by atoms with Crippen LogP contribution in [-0.4, -0.2) is 38.7 Å². The highest BCUT2D eigenvalue weighted by molar-refractivity contribution is 6.42. The van der Waals surface area contributed by atoms with E-state index in [0.29, 0.717) is 34.4 Å². The molecule has 0 amide bonds. The van der Waals surface area contributed by atoms with Gasteiger partial charge in [0, 0.05) is 31.8 Å². The fourth-order valence-corrected chi connectivity index (χ4v) is 2.04. The third-order valence-electron chi connectivity index (χ3n) is 2.45. The summed E-state index contributed by atoms with van der Waals surface area (Å²) in [5.41, 5.74) is 6.69. The van der Waals surface area contributed by atoms with Crippen molar-refractivity contribution in [2.24, 2.45) is 5.73 Å². The molecule has 108 valence electrons. The second kappa shape index (κ2) is 8.58. The van der Waals surface area contributed by atoms with Gasteiger partial charge in [0.15, 0.2) is 6.79 Å². The molecule has 0 unspecified atom stereocenters. The first-order chi connectivity index (χ1) is 9.11. The summed E-state index contributed by atoms with van der Waals surface area (Å²) in [5, 5.41) is 12.5. The molecule has 0 heterocycles. The van der Waals surface area contributed by atoms with Crippen LogP contribution in [0.2, 0.25) is 10.0 Å². The monoisotopic (exact) mass is 308 g/mol. The second-order valence-electron chi connectivity index (χ2n) is 3.86. The summed E-state index contributed by atoms with van der Waals surface area (Å²) in [6.45, 7) is 1.05. The summed E-state index contributed by atoms with van der Waals surface area (Å²) in [7, 11) is 1.53. The normalized spacial score (nSPS) is 12.5. The van der Waals surface area contributed by atoms with Crippen LogP contribution in [0.4, 0.5) is 0 Å². The molecule has 1 aromatic rings. The van der Waals surface area contributed by atoms with E-state index in [4.69, 9.17) is 43.5 Å². The minimum atomic E-state index is -0.399. The Balaban J connectivity index is 2.90. The van der Waals surface area contributed by atoms with Crippen LogP contribution in [0.15, 0.2) is 12.1 Å². The molecule has 1 atom stereocenters. The predicted molar refractivity (Wildman–Crippen MR) is 75.8 cm³/mol. The summed E-state index contributed by atoms with van der Waals surface area (Å²) < 4.78 is 10.3. The van der Waals surface area contributed by atoms with E-state index < -0.39 is 6.04 Å². The lowest BCUT2D eigenvalue weighted by Gasteiger charge is -2.19. The fraction of sp³-hybridized carbons (Fsp3) is 0.500. The highest BCUT2D eigenvalue weighted by atomic mass is 35.5. The van der Waals surface area contributed by atoms with Crippen molar-refractivity contribution in [2.45, 2.75) is 6.04 Å². The lowest BCUT2D eigenvalue weighted by molar-refractivity contribution is 0.0502. The third kappa shape index (κ3) is 4.80. The van der Waals surface area contributed by atoms with E-state index in [1.807, 2.05) is 0 Å². The lowest BCUT2D eigenvalue weighted by Crippen LogP contribution is -2.29. The Labute approximate surface area is 122 Å². The molecule has 7 heteroatoms. The number of rotatable bonds is 8. The van der Waals surface area contributed by atoms with Crippen molar-refractivity contribution in [1.29, 1.82) is 0 Å². The van der Waals surface area contributed by atoms with Crippen molar-refractivity contribution in [2.75, 3.05) is 33.6 Å². The molecule has 0 saturated carbocycles. The van der Waals surface area contributed by atoms with Gasteiger partial charge in [-0.2, -0.15) is 0 Å². The molecule has 0 aliphatic rings. The Hall–Kier alpha value is -0.560. The molecule has 0 spiro atoms. The molecule has 5 nitrogen and oxygen atoms in total. The largest absolute Gasteiger partial charge is 0.467 e. The van der Waals surface area contributed by atoms with Crippen molar-refractivity contribution in [3.05, 3.63) is 27.7 Å². The third-order valence-corrected chi connectivity index (χ3v) is 3.27. The molecule has 1 aromatic carbocycles. The van der Waals surface area contributed by atoms with Crippen LogP contribution in [0.1, 0.15) is 11.6 Å². The molecular weight excluding hydrogens is 291 g/mol. The Kier molecular flexibility index (Phi) is 7.45. The lowest BCUT2D eigenvalue weighted by atomic mass is 10.1. The maximum absolute atomic E-state index is 8.73. The van der Waals surface area contributed by atoms with Gasteiger partial charge in [-0.3, -0.25) is 0 Å². The van der Waals surface area contributed by atoms with Gasteiger partial charge in [0.2, 0.25) is 0 Å². The van der Waals surface area contributed by atoms with Crippen LogP contribution in [-0.2, 0) is 4.74 Å². The zero-order chi connectivity index (χ0) is 14.3. The predicted octanol–water partition coefficient (Wildman–Crippen LogP) is 1.56. The van der Waals surface area contributed by atoms with Gasteiger partial charge in [0.1, 0.15) is 5.75 Å². The number of nitrogens with two attached hydrogens (primary N) is 1. The summed E-state index contributed by atoms with van der Waals surface area (Å²) in [5.74, 6) is 0.537. The number of hydrogen-bond donors (Lipinski definition) is 3. The Bertz CT molecular complexity index is 405. The first-order valence-corrected chi connectivity index (χ1v) is 6.54. The van der Waals surface area contributed by atoms with Gasteiger partial charge in [-0.15, -0.1) is 0 Å². The smallest absolute Gasteiger partial charge is 0.188 e. The summed E-state index contributed by atoms with van der Waals surface area (Å²) >= 11 is 12.2. The van der Waals surface area contributed by atoms with Crippen LogP contribution < -0.4 is 15.8 Å². The maximum atomic E-state index is 8.73. The number of aliphatic hydroxyl groups is 1. The quantitative estimate of drug-likeness (QED) is 0.502. The molecule has 19 heavy (non-hydrogen) atoms. The number of methoxy groups -OCH3 is 1. The number of aliphatic hydroxyl groups excluding tert-OH is 1. The van der Waals surface area contributed by atoms with E-state index in [1.165, 1.54) is 7.11 Å². The Morgan fingerprint density at radius 2 is 2.16 bits per heavy atom. The van der Waals surface area contributed by atoms with E-state index in [1.54, 1.807) is 12.1 Å². The van der Waals surface area contributed by atoms with Gasteiger partial charge in [-0.1, -0.05) is 23.2 Å². The first kappa shape index (κ1) is 16.5. The van der Waals surface area contributed by atoms with E-state index in [9.17, 15) is 0 Å². The van der Waals surface area contributed by atoms with E-state index in [2.05, 4.69) is 5.32 Å². The summed E-state index contributed by atoms with van der Waals surface area (Å²) in [6, 6.07) is 2.95. The number of hydrogen-bond acceptors (Lipinski definition) is 5. The van der Waals surface area contributed by atoms with Crippen molar-refractivity contribution in [1.82, 2.24) is 5.32 Å². The van der Waals surface area contributed by atoms with Crippen LogP contribution >= 0.6 is 23.2 Å². The molecule has 4 N–H and O–H groups in total. The van der Waals surface area contributed by atoms with Gasteiger partial charge < -0.3 is 25.6 Å². The minimum Gasteiger partial charge on any atom is -0.467 e. The number of ether oxygens (including phenoxy) is 2. The van der Waals surface area contributed by atoms with Crippen molar-refractivity contribution in [3.8, 4) is 5.75 Å². The highest BCUT2D eigenvalue weighted by Crippen LogP contribution is 2.36. The second-order valence-corrected chi connectivity index (χ2v) is 4.64. The molecule has 0 radical (unpaired) electrons. The molecular formula is C12H18Cl2N2O3. The molecule has 0 saturated heterocycles. The minimum absolute atomic E-state index is 0.0447. The first-order valence-electron chi connectivity index (χ1n) is 5.78. The van der Waals surface area contributed by atoms with Gasteiger partial charge in [-0.05, 0) is 12.1 Å². The molecule has 0 aliphatic heterocycles. The molecule has 0 aliphatic carbocycles. The van der Waals surface area contributed by atoms with Gasteiger partial charge in [-0.25, -0.2) is 0 Å². The average Bonchev–Trinajstić information content (AvgIpc) is 2.40. The van der Waals surface area contributed by atoms with Crippen LogP contribution in [0, 0.1) is 0 Å². The van der Waals surface area contributed by atoms with E-state index >= 15 is 0 Å². The van der Waals surface area contributed by atoms with E-state index in [-0.39, 0.29) is 13.4 Å². The Morgan fingerprint density at radius 1 is 1.42 bits per heavy atom. The van der Waals surface area contributed by atoms with Crippen molar-refractivity contribution in [3.63, 3.8) is 0 Å². The van der Waals surface area contributed by atoms with Crippen molar-refractivity contribution < 1.29 is 14.6 Å². The number of halogens is 2. The Morgan fingerprint density at radius 3 is 2.79 bits per heavy atom. The number of benzene rings is 1. The van der Waals surface area contributed by atoms with Crippen LogP contribution in [0.3, 0.4) is 0 Å². The van der Waals surface area contributed by atoms with Crippen molar-refractivity contribution >= 4 is 23.2 Å². The summed E-state index contributed by atoms with van der Waals surface area (Å²) in [6.07, 6.45) is 0. The number of nitrogens with one attached hydrogen (secondary N) is 1. The highest BCUT2D eigenvalue weighted by Gasteiger charge is 2.18. The zero-order valence-electron chi connectivity index (χ0n) is 10.7. The van der Waals surface area contributed by atoms with Crippen LogP contribution in [0.25, 0.3) is 0 Å². The molecule has 1 rings (SSSR count). The average molecular weight is 309 g/mol. The van der Waals surface area contributed by atoms with Gasteiger partial charge in [0.05, 0.1) is 16.7 Å². The van der Waals surface area contributed by atoms with Gasteiger partial charge in [0.25, 0.3) is 0 Å². The topological polar surface area (TPSA) is 76.7 Å². The summed E-state index contributed by atoms with van der Waals surface area (Å²) in [4.78, 5) is 0. The zero-order valence-corrected chi connectivity index (χ0v) is 12.2. The van der Waals surface area contributed by atoms with E-state index in [0.717, 1.165) is 0 Å². The maximum Gasteiger partial charge on any atom is 0.188 e. The van der Waals surface area contributed by atoms with Crippen LogP contribution in [0.5, 0.6) is 5.75 Å². The standard InChI is InChI=1S/C12H18Cl2N2O3/c1-18-7-19-10-3-2-8(13)12(14)11(10)9(15)6-16-4-5-17/h2-3,9,16-17H,4-7,15H2,1H3/t9-/m1/s1. The molecule has 0 bridgehead atoms. The molecule has 0 aromatic heterocycles.